The molecule has 4 rings (SSSR count). The molecule has 0 saturated carbocycles. The normalized spacial score (nSPS) is 11.7. The topological polar surface area (TPSA) is 97.6 Å². The third kappa shape index (κ3) is 3.49. The lowest BCUT2D eigenvalue weighted by atomic mass is 10.1. The van der Waals surface area contributed by atoms with Crippen LogP contribution in [0.4, 0.5) is 5.69 Å². The summed E-state index contributed by atoms with van der Waals surface area (Å²) >= 11 is 6.15. The van der Waals surface area contributed by atoms with E-state index in [1.807, 2.05) is 24.3 Å². The van der Waals surface area contributed by atoms with Crippen LogP contribution in [0.15, 0.2) is 63.9 Å². The molecule has 0 spiro atoms. The minimum absolute atomic E-state index is 0.0137. The average molecular weight is 445 g/mol. The van der Waals surface area contributed by atoms with Crippen LogP contribution in [0.1, 0.15) is 10.4 Å². The largest absolute Gasteiger partial charge is 0.495 e. The van der Waals surface area contributed by atoms with Gasteiger partial charge >= 0.3 is 0 Å². The fraction of sp³-hybridized carbons (Fsp3) is 0.0952. The van der Waals surface area contributed by atoms with Crippen molar-refractivity contribution < 1.29 is 22.4 Å². The second kappa shape index (κ2) is 7.64. The Morgan fingerprint density at radius 2 is 1.80 bits per heavy atom. The molecule has 154 valence electrons. The van der Waals surface area contributed by atoms with Crippen LogP contribution in [0.5, 0.6) is 5.75 Å². The van der Waals surface area contributed by atoms with E-state index in [1.165, 1.54) is 32.4 Å². The zero-order chi connectivity index (χ0) is 21.5. The van der Waals surface area contributed by atoms with Crippen LogP contribution < -0.4 is 14.8 Å². The highest BCUT2D eigenvalue weighted by Crippen LogP contribution is 2.36. The Morgan fingerprint density at radius 1 is 1.03 bits per heavy atom. The van der Waals surface area contributed by atoms with Gasteiger partial charge in [0.2, 0.25) is 10.0 Å². The first-order valence-electron chi connectivity index (χ1n) is 8.88. The molecule has 3 aromatic carbocycles. The molecule has 0 fully saturated rings. The lowest BCUT2D eigenvalue weighted by molar-refractivity contribution is 0.102. The van der Waals surface area contributed by atoms with Crippen LogP contribution in [-0.4, -0.2) is 28.5 Å². The molecule has 1 amide bonds. The van der Waals surface area contributed by atoms with Crippen LogP contribution >= 0.6 is 11.6 Å². The van der Waals surface area contributed by atoms with Gasteiger partial charge in [0, 0.05) is 16.8 Å². The Morgan fingerprint density at radius 3 is 2.53 bits per heavy atom. The van der Waals surface area contributed by atoms with Crippen molar-refractivity contribution in [1.29, 1.82) is 0 Å². The highest BCUT2D eigenvalue weighted by Gasteiger charge is 2.19. The van der Waals surface area contributed by atoms with Crippen molar-refractivity contribution in [3.8, 4) is 5.75 Å². The predicted octanol–water partition coefficient (Wildman–Crippen LogP) is 4.41. The zero-order valence-corrected chi connectivity index (χ0v) is 17.6. The van der Waals surface area contributed by atoms with Crippen LogP contribution in [0, 0.1) is 0 Å². The fourth-order valence-corrected chi connectivity index (χ4v) is 4.13. The Hall–Kier alpha value is -3.07. The van der Waals surface area contributed by atoms with E-state index in [-0.39, 0.29) is 15.5 Å². The zero-order valence-electron chi connectivity index (χ0n) is 16.0. The van der Waals surface area contributed by atoms with Gasteiger partial charge in [0.05, 0.1) is 28.3 Å². The lowest BCUT2D eigenvalue weighted by Gasteiger charge is -2.12. The number of amides is 1. The smallest absolute Gasteiger partial charge is 0.257 e. The van der Waals surface area contributed by atoms with E-state index in [2.05, 4.69) is 10.0 Å². The number of benzene rings is 3. The van der Waals surface area contributed by atoms with E-state index in [9.17, 15) is 13.2 Å². The molecule has 0 unspecified atom stereocenters. The molecule has 0 aliphatic carbocycles. The van der Waals surface area contributed by atoms with Crippen molar-refractivity contribution in [3.63, 3.8) is 0 Å². The number of anilines is 1. The number of rotatable bonds is 5. The van der Waals surface area contributed by atoms with Crippen molar-refractivity contribution in [2.75, 3.05) is 19.5 Å². The van der Waals surface area contributed by atoms with E-state index in [0.29, 0.717) is 22.6 Å². The minimum atomic E-state index is -3.73. The maximum atomic E-state index is 12.9. The molecule has 0 atom stereocenters. The molecular formula is C21H17ClN2O5S. The molecule has 1 heterocycles. The van der Waals surface area contributed by atoms with Crippen molar-refractivity contribution in [2.45, 2.75) is 4.90 Å². The highest BCUT2D eigenvalue weighted by molar-refractivity contribution is 7.89. The van der Waals surface area contributed by atoms with Crippen molar-refractivity contribution in [2.24, 2.45) is 0 Å². The number of para-hydroxylation sites is 1. The number of ether oxygens (including phenoxy) is 1. The number of carbonyl (C=O) groups is 1. The van der Waals surface area contributed by atoms with Crippen LogP contribution in [0.3, 0.4) is 0 Å². The third-order valence-electron chi connectivity index (χ3n) is 4.71. The predicted molar refractivity (Wildman–Crippen MR) is 116 cm³/mol. The van der Waals surface area contributed by atoms with Crippen LogP contribution in [0.2, 0.25) is 5.02 Å². The van der Waals surface area contributed by atoms with Gasteiger partial charge in [-0.15, -0.1) is 0 Å². The lowest BCUT2D eigenvalue weighted by Crippen LogP contribution is -2.20. The summed E-state index contributed by atoms with van der Waals surface area (Å²) in [7, 11) is -0.948. The summed E-state index contributed by atoms with van der Waals surface area (Å²) in [6.07, 6.45) is 0. The number of carbonyl (C=O) groups excluding carboxylic acids is 1. The Labute approximate surface area is 177 Å². The molecule has 30 heavy (non-hydrogen) atoms. The summed E-state index contributed by atoms with van der Waals surface area (Å²) in [5.74, 6) is -0.153. The number of sulfonamides is 1. The molecule has 0 saturated heterocycles. The summed E-state index contributed by atoms with van der Waals surface area (Å²) in [4.78, 5) is 12.8. The van der Waals surface area contributed by atoms with E-state index in [0.717, 1.165) is 10.8 Å². The number of halogens is 1. The van der Waals surface area contributed by atoms with Gasteiger partial charge in [-0.1, -0.05) is 29.8 Å². The second-order valence-electron chi connectivity index (χ2n) is 6.45. The minimum Gasteiger partial charge on any atom is -0.495 e. The van der Waals surface area contributed by atoms with Gasteiger partial charge in [0.25, 0.3) is 5.91 Å². The Kier molecular flexibility index (Phi) is 5.15. The van der Waals surface area contributed by atoms with Crippen LogP contribution in [0.25, 0.3) is 21.9 Å². The Balaban J connectivity index is 1.76. The fourth-order valence-electron chi connectivity index (χ4n) is 3.17. The number of furan rings is 1. The second-order valence-corrected chi connectivity index (χ2v) is 8.74. The molecule has 0 aliphatic rings. The summed E-state index contributed by atoms with van der Waals surface area (Å²) in [5, 5.41) is 4.62. The SMILES string of the molecule is CNS(=O)(=O)c1ccc(Cl)c(C(=O)Nc2cc3oc4ccccc4c3cc2OC)c1. The van der Waals surface area contributed by atoms with Gasteiger partial charge in [0.15, 0.2) is 0 Å². The first-order chi connectivity index (χ1) is 14.3. The van der Waals surface area contributed by atoms with Crippen molar-refractivity contribution in [3.05, 3.63) is 65.2 Å². The summed E-state index contributed by atoms with van der Waals surface area (Å²) in [6, 6.07) is 14.9. The Bertz CT molecular complexity index is 1400. The van der Waals surface area contributed by atoms with E-state index in [4.69, 9.17) is 20.8 Å². The number of fused-ring (bicyclic) bond motifs is 3. The monoisotopic (exact) mass is 444 g/mol. The molecule has 2 N–H and O–H groups in total. The van der Waals surface area contributed by atoms with E-state index < -0.39 is 15.9 Å². The van der Waals surface area contributed by atoms with Gasteiger partial charge < -0.3 is 14.5 Å². The maximum Gasteiger partial charge on any atom is 0.257 e. The first-order valence-corrected chi connectivity index (χ1v) is 10.7. The summed E-state index contributed by atoms with van der Waals surface area (Å²) in [5.41, 5.74) is 1.67. The molecule has 0 radical (unpaired) electrons. The van der Waals surface area contributed by atoms with Gasteiger partial charge in [-0.2, -0.15) is 0 Å². The molecule has 0 aliphatic heterocycles. The summed E-state index contributed by atoms with van der Waals surface area (Å²) < 4.78 is 37.6. The molecule has 7 nitrogen and oxygen atoms in total. The highest BCUT2D eigenvalue weighted by atomic mass is 35.5. The van der Waals surface area contributed by atoms with Gasteiger partial charge in [-0.25, -0.2) is 13.1 Å². The van der Waals surface area contributed by atoms with Crippen molar-refractivity contribution in [1.82, 2.24) is 4.72 Å². The number of hydrogen-bond donors (Lipinski definition) is 2. The van der Waals surface area contributed by atoms with Gasteiger partial charge in [-0.3, -0.25) is 4.79 Å². The van der Waals surface area contributed by atoms with Crippen LogP contribution in [-0.2, 0) is 10.0 Å². The molecule has 4 aromatic rings. The number of nitrogens with one attached hydrogen (secondary N) is 2. The third-order valence-corrected chi connectivity index (χ3v) is 6.45. The molecular weight excluding hydrogens is 428 g/mol. The number of methoxy groups -OCH3 is 1. The van der Waals surface area contributed by atoms with E-state index >= 15 is 0 Å². The first kappa shape index (κ1) is 20.2. The van der Waals surface area contributed by atoms with Gasteiger partial charge in [-0.05, 0) is 37.4 Å². The maximum absolute atomic E-state index is 12.9. The number of hydrogen-bond acceptors (Lipinski definition) is 5. The average Bonchev–Trinajstić information content (AvgIpc) is 3.10. The van der Waals surface area contributed by atoms with E-state index in [1.54, 1.807) is 12.1 Å². The quantitative estimate of drug-likeness (QED) is 0.475. The van der Waals surface area contributed by atoms with Gasteiger partial charge in [0.1, 0.15) is 16.9 Å². The molecule has 9 heteroatoms. The molecule has 0 bridgehead atoms. The standard InChI is InChI=1S/C21H17ClN2O5S/c1-23-30(26,27)12-7-8-16(22)15(9-12)21(25)24-17-11-19-14(10-20(17)28-2)13-5-3-4-6-18(13)29-19/h3-11,23H,1-2H3,(H,24,25). The van der Waals surface area contributed by atoms with Crippen molar-refractivity contribution >= 4 is 55.2 Å². The summed E-state index contributed by atoms with van der Waals surface area (Å²) in [6.45, 7) is 0. The molecule has 1 aromatic heterocycles.